The number of nitrogens with one attached hydrogen (secondary N) is 1. The maximum absolute atomic E-state index is 12.8. The molecule has 0 atom stereocenters. The van der Waals surface area contributed by atoms with Crippen molar-refractivity contribution in [3.63, 3.8) is 0 Å². The first-order valence-electron chi connectivity index (χ1n) is 5.23. The second-order valence-electron chi connectivity index (χ2n) is 3.80. The van der Waals surface area contributed by atoms with Crippen LogP contribution in [0.3, 0.4) is 0 Å². The van der Waals surface area contributed by atoms with Gasteiger partial charge in [0.25, 0.3) is 0 Å². The highest BCUT2D eigenvalue weighted by atomic mass is 32.2. The topological polar surface area (TPSA) is 72.2 Å². The number of anilines is 1. The predicted molar refractivity (Wildman–Crippen MR) is 61.3 cm³/mol. The minimum Gasteiger partial charge on any atom is -0.398 e. The summed E-state index contributed by atoms with van der Waals surface area (Å²) in [6.07, 6.45) is -5.81. The first kappa shape index (κ1) is 15.7. The lowest BCUT2D eigenvalue weighted by Gasteiger charge is -2.10. The third-order valence-corrected chi connectivity index (χ3v) is 3.73. The molecular formula is C10H12F4N2O2S. The van der Waals surface area contributed by atoms with Crippen LogP contribution in [0.2, 0.25) is 0 Å². The summed E-state index contributed by atoms with van der Waals surface area (Å²) in [4.78, 5) is -0.360. The van der Waals surface area contributed by atoms with E-state index in [1.807, 2.05) is 4.72 Å². The summed E-state index contributed by atoms with van der Waals surface area (Å²) < 4.78 is 73.7. The minimum atomic E-state index is -4.33. The van der Waals surface area contributed by atoms with Crippen LogP contribution in [0.15, 0.2) is 23.1 Å². The largest absolute Gasteiger partial charge is 0.398 e. The number of hydrogen-bond acceptors (Lipinski definition) is 3. The Labute approximate surface area is 107 Å². The molecule has 0 fully saturated rings. The van der Waals surface area contributed by atoms with Crippen LogP contribution < -0.4 is 10.5 Å². The Balaban J connectivity index is 2.66. The van der Waals surface area contributed by atoms with Crippen LogP contribution in [0.4, 0.5) is 23.2 Å². The molecule has 0 unspecified atom stereocenters. The molecule has 0 radical (unpaired) electrons. The van der Waals surface area contributed by atoms with Gasteiger partial charge in [-0.25, -0.2) is 17.5 Å². The number of rotatable bonds is 5. The number of sulfonamides is 1. The second kappa shape index (κ2) is 5.74. The molecular weight excluding hydrogens is 288 g/mol. The molecule has 108 valence electrons. The highest BCUT2D eigenvalue weighted by molar-refractivity contribution is 7.89. The third-order valence-electron chi connectivity index (χ3n) is 2.19. The highest BCUT2D eigenvalue weighted by Gasteiger charge is 2.26. The van der Waals surface area contributed by atoms with Crippen molar-refractivity contribution in [1.82, 2.24) is 4.72 Å². The SMILES string of the molecule is Nc1cc(F)ccc1S(=O)(=O)NCCCC(F)(F)F. The van der Waals surface area contributed by atoms with Gasteiger partial charge in [-0.05, 0) is 24.6 Å². The highest BCUT2D eigenvalue weighted by Crippen LogP contribution is 2.22. The van der Waals surface area contributed by atoms with Crippen LogP contribution in [0, 0.1) is 5.82 Å². The van der Waals surface area contributed by atoms with Gasteiger partial charge in [0, 0.05) is 13.0 Å². The van der Waals surface area contributed by atoms with Gasteiger partial charge in [-0.1, -0.05) is 0 Å². The van der Waals surface area contributed by atoms with Crippen molar-refractivity contribution in [2.24, 2.45) is 0 Å². The molecule has 0 amide bonds. The maximum atomic E-state index is 12.8. The fourth-order valence-electron chi connectivity index (χ4n) is 1.34. The van der Waals surface area contributed by atoms with Gasteiger partial charge in [0.2, 0.25) is 10.0 Å². The zero-order valence-electron chi connectivity index (χ0n) is 9.67. The summed E-state index contributed by atoms with van der Waals surface area (Å²) in [6.45, 7) is -0.376. The van der Waals surface area contributed by atoms with Gasteiger partial charge in [0.05, 0.1) is 5.69 Å². The molecule has 9 heteroatoms. The van der Waals surface area contributed by atoms with Crippen LogP contribution in [0.25, 0.3) is 0 Å². The van der Waals surface area contributed by atoms with Crippen molar-refractivity contribution in [3.05, 3.63) is 24.0 Å². The van der Waals surface area contributed by atoms with Crippen LogP contribution >= 0.6 is 0 Å². The lowest BCUT2D eigenvalue weighted by atomic mass is 10.3. The molecule has 0 aliphatic carbocycles. The van der Waals surface area contributed by atoms with Gasteiger partial charge in [0.15, 0.2) is 0 Å². The summed E-state index contributed by atoms with van der Waals surface area (Å²) in [6, 6.07) is 2.68. The summed E-state index contributed by atoms with van der Waals surface area (Å²) in [5.74, 6) is -0.700. The molecule has 0 aromatic heterocycles. The van der Waals surface area contributed by atoms with Crippen LogP contribution in [0.1, 0.15) is 12.8 Å². The number of halogens is 4. The lowest BCUT2D eigenvalue weighted by molar-refractivity contribution is -0.135. The monoisotopic (exact) mass is 300 g/mol. The quantitative estimate of drug-likeness (QED) is 0.496. The molecule has 1 rings (SSSR count). The van der Waals surface area contributed by atoms with Crippen molar-refractivity contribution >= 4 is 15.7 Å². The molecule has 0 heterocycles. The fraction of sp³-hybridized carbons (Fsp3) is 0.400. The summed E-state index contributed by atoms with van der Waals surface area (Å²) in [5.41, 5.74) is 5.04. The average molecular weight is 300 g/mol. The van der Waals surface area contributed by atoms with E-state index in [9.17, 15) is 26.0 Å². The van der Waals surface area contributed by atoms with Crippen molar-refractivity contribution in [1.29, 1.82) is 0 Å². The molecule has 0 aliphatic heterocycles. The predicted octanol–water partition coefficient (Wildman–Crippen LogP) is 2.03. The standard InChI is InChI=1S/C10H12F4N2O2S/c11-7-2-3-9(8(15)6-7)19(17,18)16-5-1-4-10(12,13)14/h2-3,6,16H,1,4-5,15H2. The molecule has 0 spiro atoms. The molecule has 0 saturated carbocycles. The van der Waals surface area contributed by atoms with Crippen molar-refractivity contribution in [2.75, 3.05) is 12.3 Å². The van der Waals surface area contributed by atoms with E-state index in [1.54, 1.807) is 0 Å². The van der Waals surface area contributed by atoms with E-state index in [0.29, 0.717) is 0 Å². The van der Waals surface area contributed by atoms with Crippen molar-refractivity contribution in [3.8, 4) is 0 Å². The van der Waals surface area contributed by atoms with Gasteiger partial charge in [-0.3, -0.25) is 0 Å². The van der Waals surface area contributed by atoms with Crippen LogP contribution in [-0.2, 0) is 10.0 Å². The Morgan fingerprint density at radius 3 is 2.42 bits per heavy atom. The second-order valence-corrected chi connectivity index (χ2v) is 5.53. The van der Waals surface area contributed by atoms with E-state index in [0.717, 1.165) is 18.2 Å². The van der Waals surface area contributed by atoms with Gasteiger partial charge in [0.1, 0.15) is 10.7 Å². The van der Waals surface area contributed by atoms with Crippen molar-refractivity contribution < 1.29 is 26.0 Å². The summed E-state index contributed by atoms with van der Waals surface area (Å²) in [5, 5.41) is 0. The Morgan fingerprint density at radius 2 is 1.89 bits per heavy atom. The van der Waals surface area contributed by atoms with Gasteiger partial charge in [-0.15, -0.1) is 0 Å². The van der Waals surface area contributed by atoms with E-state index in [1.165, 1.54) is 0 Å². The van der Waals surface area contributed by atoms with E-state index >= 15 is 0 Å². The first-order chi connectivity index (χ1) is 8.62. The van der Waals surface area contributed by atoms with Crippen LogP contribution in [0.5, 0.6) is 0 Å². The normalized spacial score (nSPS) is 12.6. The maximum Gasteiger partial charge on any atom is 0.389 e. The lowest BCUT2D eigenvalue weighted by Crippen LogP contribution is -2.26. The minimum absolute atomic E-state index is 0.302. The molecule has 1 aromatic carbocycles. The summed E-state index contributed by atoms with van der Waals surface area (Å²) in [7, 11) is -4.03. The Kier molecular flexibility index (Phi) is 4.75. The zero-order chi connectivity index (χ0) is 14.7. The molecule has 0 saturated heterocycles. The Bertz CT molecular complexity index is 543. The van der Waals surface area contributed by atoms with Crippen molar-refractivity contribution in [2.45, 2.75) is 23.9 Å². The van der Waals surface area contributed by atoms with E-state index in [-0.39, 0.29) is 23.5 Å². The first-order valence-corrected chi connectivity index (χ1v) is 6.71. The fourth-order valence-corrected chi connectivity index (χ4v) is 2.52. The van der Waals surface area contributed by atoms with Gasteiger partial charge >= 0.3 is 6.18 Å². The van der Waals surface area contributed by atoms with Gasteiger partial charge in [-0.2, -0.15) is 13.2 Å². The van der Waals surface area contributed by atoms with Crippen LogP contribution in [-0.4, -0.2) is 21.1 Å². The molecule has 0 bridgehead atoms. The number of benzene rings is 1. The van der Waals surface area contributed by atoms with E-state index in [2.05, 4.69) is 0 Å². The molecule has 3 N–H and O–H groups in total. The molecule has 1 aromatic rings. The van der Waals surface area contributed by atoms with E-state index in [4.69, 9.17) is 5.73 Å². The average Bonchev–Trinajstić information content (AvgIpc) is 2.22. The Hall–Kier alpha value is -1.35. The number of nitrogen functional groups attached to an aromatic ring is 1. The molecule has 0 aliphatic rings. The summed E-state index contributed by atoms with van der Waals surface area (Å²) >= 11 is 0. The van der Waals surface area contributed by atoms with Gasteiger partial charge < -0.3 is 5.73 Å². The molecule has 4 nitrogen and oxygen atoms in total. The zero-order valence-corrected chi connectivity index (χ0v) is 10.5. The smallest absolute Gasteiger partial charge is 0.389 e. The molecule has 19 heavy (non-hydrogen) atoms. The Morgan fingerprint density at radius 1 is 1.26 bits per heavy atom. The number of hydrogen-bond donors (Lipinski definition) is 2. The van der Waals surface area contributed by atoms with E-state index < -0.39 is 28.4 Å². The number of alkyl halides is 3. The number of nitrogens with two attached hydrogens (primary N) is 1. The third kappa shape index (κ3) is 5.03.